The van der Waals surface area contributed by atoms with Crippen LogP contribution in [-0.4, -0.2) is 50.9 Å². The zero-order valence-electron chi connectivity index (χ0n) is 21.7. The molecule has 7 heteroatoms. The van der Waals surface area contributed by atoms with Gasteiger partial charge in [0.1, 0.15) is 6.61 Å². The third-order valence-electron chi connectivity index (χ3n) is 10.3. The first-order chi connectivity index (χ1) is 17.4. The first kappa shape index (κ1) is 26.3. The predicted molar refractivity (Wildman–Crippen MR) is 139 cm³/mol. The van der Waals surface area contributed by atoms with Gasteiger partial charge in [-0.3, -0.25) is 9.59 Å². The summed E-state index contributed by atoms with van der Waals surface area (Å²) in [6.07, 6.45) is 5.28. The third-order valence-corrected chi connectivity index (χ3v) is 11.3. The molecule has 0 amide bonds. The molecule has 0 aromatic heterocycles. The Labute approximate surface area is 222 Å². The lowest BCUT2D eigenvalue weighted by atomic mass is 9.44. The molecule has 0 aliphatic heterocycles. The summed E-state index contributed by atoms with van der Waals surface area (Å²) >= 11 is 7.54. The van der Waals surface area contributed by atoms with Gasteiger partial charge < -0.3 is 14.9 Å². The number of fused-ring (bicyclic) bond motifs is 5. The summed E-state index contributed by atoms with van der Waals surface area (Å²) in [5, 5.41) is 22.0. The predicted octanol–water partition coefficient (Wildman–Crippen LogP) is 4.28. The van der Waals surface area contributed by atoms with Crippen LogP contribution >= 0.6 is 11.6 Å². The van der Waals surface area contributed by atoms with Crippen LogP contribution in [0.1, 0.15) is 57.3 Å². The quantitative estimate of drug-likeness (QED) is 0.449. The molecule has 0 radical (unpaired) electrons. The molecule has 198 valence electrons. The molecule has 5 rings (SSSR count). The van der Waals surface area contributed by atoms with Crippen molar-refractivity contribution in [2.24, 2.45) is 34.5 Å². The van der Waals surface area contributed by atoms with Crippen molar-refractivity contribution in [3.63, 3.8) is 0 Å². The van der Waals surface area contributed by atoms with Crippen LogP contribution in [0.5, 0.6) is 0 Å². The fourth-order valence-corrected chi connectivity index (χ4v) is 9.18. The number of rotatable bonds is 4. The lowest BCUT2D eigenvalue weighted by Crippen LogP contribution is -2.70. The van der Waals surface area contributed by atoms with Gasteiger partial charge in [0.05, 0.1) is 16.5 Å². The molecule has 0 heterocycles. The average molecular weight is 527 g/mol. The highest BCUT2D eigenvalue weighted by molar-refractivity contribution is 6.26. The van der Waals surface area contributed by atoms with E-state index in [-0.39, 0.29) is 30.0 Å². The molecule has 4 aliphatic rings. The summed E-state index contributed by atoms with van der Waals surface area (Å²) in [7, 11) is 0. The molecule has 3 fully saturated rings. The molecule has 0 spiro atoms. The number of carbonyl (C=O) groups excluding carboxylic acids is 3. The second-order valence-corrected chi connectivity index (χ2v) is 12.6. The molecule has 6 nitrogen and oxygen atoms in total. The minimum atomic E-state index is -1.61. The Bertz CT molecular complexity index is 1210. The number of hydrogen-bond acceptors (Lipinski definition) is 6. The first-order valence-corrected chi connectivity index (χ1v) is 13.5. The van der Waals surface area contributed by atoms with Gasteiger partial charge in [0.2, 0.25) is 5.78 Å². The average Bonchev–Trinajstić information content (AvgIpc) is 3.09. The zero-order valence-corrected chi connectivity index (χ0v) is 22.5. The molecule has 9 atom stereocenters. The lowest BCUT2D eigenvalue weighted by molar-refractivity contribution is -0.182. The number of aliphatic hydroxyl groups excluding tert-OH is 2. The number of allylic oxidation sites excluding steroid dienone is 4. The molecule has 1 aromatic rings. The SMILES string of the molecule is C[C@H]1C[C@H]2[C@@H]3C[C@H](C)[C@](OC(=O)c4ccccc4)(C(=O)CO)[C@@]3(C)C[C@H](O)[C@]2(Cl)[C@@]2(C)C=CC(=O)C=C12. The largest absolute Gasteiger partial charge is 0.446 e. The van der Waals surface area contributed by atoms with Crippen molar-refractivity contribution in [3.8, 4) is 0 Å². The first-order valence-electron chi connectivity index (χ1n) is 13.1. The summed E-state index contributed by atoms with van der Waals surface area (Å²) < 4.78 is 6.18. The molecule has 1 aromatic carbocycles. The van der Waals surface area contributed by atoms with E-state index < -0.39 is 51.7 Å². The maximum atomic E-state index is 13.6. The van der Waals surface area contributed by atoms with Crippen LogP contribution in [0.25, 0.3) is 0 Å². The number of esters is 1. The van der Waals surface area contributed by atoms with Crippen molar-refractivity contribution >= 4 is 29.1 Å². The molecule has 2 N–H and O–H groups in total. The van der Waals surface area contributed by atoms with E-state index in [0.29, 0.717) is 18.4 Å². The maximum absolute atomic E-state index is 13.6. The molecule has 0 saturated heterocycles. The van der Waals surface area contributed by atoms with Crippen LogP contribution in [0, 0.1) is 34.5 Å². The molecule has 0 bridgehead atoms. The maximum Gasteiger partial charge on any atom is 0.339 e. The Kier molecular flexibility index (Phi) is 6.13. The Morgan fingerprint density at radius 3 is 2.43 bits per heavy atom. The van der Waals surface area contributed by atoms with Crippen LogP contribution < -0.4 is 0 Å². The van der Waals surface area contributed by atoms with Crippen molar-refractivity contribution in [2.75, 3.05) is 6.61 Å². The second kappa shape index (κ2) is 8.62. The van der Waals surface area contributed by atoms with E-state index in [0.717, 1.165) is 5.57 Å². The second-order valence-electron chi connectivity index (χ2n) is 12.0. The normalized spacial score (nSPS) is 44.4. The Balaban J connectivity index is 1.63. The van der Waals surface area contributed by atoms with Gasteiger partial charge in [0.15, 0.2) is 11.4 Å². The van der Waals surface area contributed by atoms with E-state index in [1.807, 2.05) is 26.8 Å². The number of Topliss-reactive ketones (excluding diaryl/α,β-unsaturated/α-hetero) is 1. The third kappa shape index (κ3) is 3.28. The summed E-state index contributed by atoms with van der Waals surface area (Å²) in [5.41, 5.74) is -2.07. The fraction of sp³-hybridized carbons (Fsp3) is 0.567. The Morgan fingerprint density at radius 1 is 1.11 bits per heavy atom. The van der Waals surface area contributed by atoms with Crippen molar-refractivity contribution in [1.82, 2.24) is 0 Å². The van der Waals surface area contributed by atoms with Gasteiger partial charge in [-0.1, -0.05) is 57.5 Å². The number of ether oxygens (including phenoxy) is 1. The van der Waals surface area contributed by atoms with Gasteiger partial charge in [0.25, 0.3) is 0 Å². The highest BCUT2D eigenvalue weighted by atomic mass is 35.5. The van der Waals surface area contributed by atoms with Crippen molar-refractivity contribution < 1.29 is 29.3 Å². The van der Waals surface area contributed by atoms with Gasteiger partial charge in [-0.15, -0.1) is 11.6 Å². The topological polar surface area (TPSA) is 101 Å². The number of ketones is 2. The Hall–Kier alpha value is -2.28. The van der Waals surface area contributed by atoms with E-state index in [1.165, 1.54) is 6.08 Å². The molecule has 37 heavy (non-hydrogen) atoms. The highest BCUT2D eigenvalue weighted by Crippen LogP contribution is 2.72. The van der Waals surface area contributed by atoms with Crippen LogP contribution in [-0.2, 0) is 14.3 Å². The molecular formula is C30H35ClO6. The summed E-state index contributed by atoms with van der Waals surface area (Å²) in [4.78, 5) is 38.1. The van der Waals surface area contributed by atoms with E-state index in [9.17, 15) is 24.6 Å². The number of hydrogen-bond donors (Lipinski definition) is 2. The van der Waals surface area contributed by atoms with Crippen LogP contribution in [0.15, 0.2) is 54.1 Å². The minimum absolute atomic E-state index is 0.0380. The summed E-state index contributed by atoms with van der Waals surface area (Å²) in [6.45, 7) is 7.09. The monoisotopic (exact) mass is 526 g/mol. The fourth-order valence-electron chi connectivity index (χ4n) is 8.69. The number of carbonyl (C=O) groups is 3. The minimum Gasteiger partial charge on any atom is -0.446 e. The highest BCUT2D eigenvalue weighted by Gasteiger charge is 2.76. The zero-order chi connectivity index (χ0) is 27.0. The summed E-state index contributed by atoms with van der Waals surface area (Å²) in [6, 6.07) is 8.51. The molecule has 4 aliphatic carbocycles. The lowest BCUT2D eigenvalue weighted by Gasteiger charge is -2.65. The van der Waals surface area contributed by atoms with E-state index in [1.54, 1.807) is 36.4 Å². The smallest absolute Gasteiger partial charge is 0.339 e. The number of benzene rings is 1. The van der Waals surface area contributed by atoms with Gasteiger partial charge in [-0.05, 0) is 61.3 Å². The van der Waals surface area contributed by atoms with Crippen molar-refractivity contribution in [2.45, 2.75) is 63.5 Å². The molecule has 0 unspecified atom stereocenters. The van der Waals surface area contributed by atoms with Gasteiger partial charge in [-0.25, -0.2) is 4.79 Å². The van der Waals surface area contributed by atoms with E-state index in [4.69, 9.17) is 16.3 Å². The van der Waals surface area contributed by atoms with Crippen LogP contribution in [0.3, 0.4) is 0 Å². The number of aliphatic hydroxyl groups is 2. The van der Waals surface area contributed by atoms with Crippen LogP contribution in [0.4, 0.5) is 0 Å². The van der Waals surface area contributed by atoms with Gasteiger partial charge in [-0.2, -0.15) is 0 Å². The van der Waals surface area contributed by atoms with E-state index in [2.05, 4.69) is 6.92 Å². The van der Waals surface area contributed by atoms with E-state index >= 15 is 0 Å². The van der Waals surface area contributed by atoms with Crippen molar-refractivity contribution in [3.05, 3.63) is 59.7 Å². The molecule has 3 saturated carbocycles. The van der Waals surface area contributed by atoms with Crippen molar-refractivity contribution in [1.29, 1.82) is 0 Å². The Morgan fingerprint density at radius 2 is 1.78 bits per heavy atom. The summed E-state index contributed by atoms with van der Waals surface area (Å²) in [5.74, 6) is -2.00. The standard InChI is InChI=1S/C30H35ClO6/c1-17-12-23-22-13-18(2)30(25(35)16-32,37-26(36)19-8-6-5-7-9-19)28(22,4)15-24(34)29(23,31)27(3)11-10-20(33)14-21(17)27/h5-11,14,17-18,22-24,32,34H,12-13,15-16H2,1-4H3/t17-,18-,22-,23-,24-,27-,28-,29-,30-/m0/s1. The van der Waals surface area contributed by atoms with Crippen LogP contribution in [0.2, 0.25) is 0 Å². The number of alkyl halides is 1. The molecular weight excluding hydrogens is 492 g/mol. The van der Waals surface area contributed by atoms with Gasteiger partial charge >= 0.3 is 5.97 Å². The van der Waals surface area contributed by atoms with Gasteiger partial charge in [0, 0.05) is 16.7 Å². The number of halogens is 1.